The summed E-state index contributed by atoms with van der Waals surface area (Å²) in [4.78, 5) is 13.4. The second-order valence-corrected chi connectivity index (χ2v) is 14.4. The molecule has 0 amide bonds. The van der Waals surface area contributed by atoms with Gasteiger partial charge < -0.3 is 4.90 Å². The van der Waals surface area contributed by atoms with E-state index in [0.29, 0.717) is 17.8 Å². The monoisotopic (exact) mass is 555 g/mol. The van der Waals surface area contributed by atoms with Gasteiger partial charge in [-0.05, 0) is 104 Å². The quantitative estimate of drug-likeness (QED) is 0.277. The van der Waals surface area contributed by atoms with Crippen molar-refractivity contribution in [2.75, 3.05) is 11.4 Å². The molecule has 0 bridgehead atoms. The standard InChI is InChI=1S/C36H49N3S/c1-7-28-17-18-31(21-25(28)2)30-15-13-27(14-16-30)24-39(26(3)29-11-9-8-10-12-29)34-22-32(19-20-37-34)33-23-38-35(40-33)36(4,5)6/h17-23,27,29-30H,3,7-16,24H2,1-2,4-6H3. The van der Waals surface area contributed by atoms with Crippen molar-refractivity contribution in [2.45, 2.75) is 110 Å². The molecule has 1 aromatic carbocycles. The van der Waals surface area contributed by atoms with Gasteiger partial charge in [-0.25, -0.2) is 9.97 Å². The van der Waals surface area contributed by atoms with Gasteiger partial charge in [-0.2, -0.15) is 0 Å². The molecule has 40 heavy (non-hydrogen) atoms. The zero-order chi connectivity index (χ0) is 28.3. The molecule has 2 fully saturated rings. The van der Waals surface area contributed by atoms with Crippen molar-refractivity contribution in [3.63, 3.8) is 0 Å². The highest BCUT2D eigenvalue weighted by atomic mass is 32.1. The largest absolute Gasteiger partial charge is 0.330 e. The zero-order valence-corrected chi connectivity index (χ0v) is 26.3. The number of nitrogens with zero attached hydrogens (tertiary/aromatic N) is 3. The molecule has 0 saturated heterocycles. The number of aromatic nitrogens is 2. The van der Waals surface area contributed by atoms with Gasteiger partial charge in [0.1, 0.15) is 5.82 Å². The van der Waals surface area contributed by atoms with Crippen LogP contribution < -0.4 is 4.90 Å². The van der Waals surface area contributed by atoms with Crippen LogP contribution in [0.3, 0.4) is 0 Å². The summed E-state index contributed by atoms with van der Waals surface area (Å²) in [6.45, 7) is 17.0. The average molecular weight is 556 g/mol. The first-order chi connectivity index (χ1) is 19.2. The summed E-state index contributed by atoms with van der Waals surface area (Å²) >= 11 is 1.81. The Morgan fingerprint density at radius 2 is 1.73 bits per heavy atom. The van der Waals surface area contributed by atoms with Crippen LogP contribution in [0, 0.1) is 18.8 Å². The second kappa shape index (κ2) is 12.6. The summed E-state index contributed by atoms with van der Waals surface area (Å²) in [7, 11) is 0. The fourth-order valence-corrected chi connectivity index (χ4v) is 7.76. The lowest BCUT2D eigenvalue weighted by molar-refractivity contribution is 0.323. The molecule has 0 unspecified atom stereocenters. The Labute approximate surface area is 247 Å². The van der Waals surface area contributed by atoms with Gasteiger partial charge in [-0.1, -0.05) is 71.7 Å². The molecule has 4 heteroatoms. The maximum absolute atomic E-state index is 4.94. The van der Waals surface area contributed by atoms with Crippen molar-refractivity contribution < 1.29 is 0 Å². The molecule has 0 aliphatic heterocycles. The predicted octanol–water partition coefficient (Wildman–Crippen LogP) is 10.2. The maximum atomic E-state index is 4.94. The summed E-state index contributed by atoms with van der Waals surface area (Å²) in [5, 5.41) is 1.18. The van der Waals surface area contributed by atoms with E-state index in [0.717, 1.165) is 18.8 Å². The Bertz CT molecular complexity index is 1290. The summed E-state index contributed by atoms with van der Waals surface area (Å²) in [6, 6.07) is 11.6. The molecule has 0 N–H and O–H groups in total. The number of rotatable bonds is 8. The van der Waals surface area contributed by atoms with E-state index in [1.54, 1.807) is 16.9 Å². The zero-order valence-electron chi connectivity index (χ0n) is 25.5. The fraction of sp³-hybridized carbons (Fsp3) is 0.556. The molecule has 2 heterocycles. The first-order valence-corrected chi connectivity index (χ1v) is 16.5. The van der Waals surface area contributed by atoms with Gasteiger partial charge in [-0.15, -0.1) is 11.3 Å². The number of benzene rings is 1. The van der Waals surface area contributed by atoms with E-state index in [4.69, 9.17) is 16.5 Å². The first-order valence-electron chi connectivity index (χ1n) is 15.7. The number of aryl methyl sites for hydroxylation is 2. The first kappa shape index (κ1) is 29.0. The SMILES string of the molecule is C=C(C1CCCCC1)N(CC1CCC(c2ccc(CC)c(C)c2)CC1)c1cc(-c2cnc(C(C)(C)C)s2)ccn1. The second-order valence-electron chi connectivity index (χ2n) is 13.4. The minimum Gasteiger partial charge on any atom is -0.330 e. The van der Waals surface area contributed by atoms with Gasteiger partial charge in [-0.3, -0.25) is 0 Å². The fourth-order valence-electron chi connectivity index (χ4n) is 6.79. The summed E-state index contributed by atoms with van der Waals surface area (Å²) in [5.74, 6) is 3.01. The van der Waals surface area contributed by atoms with Gasteiger partial charge in [0.25, 0.3) is 0 Å². The van der Waals surface area contributed by atoms with Crippen molar-refractivity contribution >= 4 is 17.2 Å². The van der Waals surface area contributed by atoms with Crippen LogP contribution in [0.15, 0.2) is 55.0 Å². The third kappa shape index (κ3) is 6.70. The molecule has 5 rings (SSSR count). The third-order valence-corrected chi connectivity index (χ3v) is 10.9. The van der Waals surface area contributed by atoms with Crippen molar-refractivity contribution in [2.24, 2.45) is 11.8 Å². The lowest BCUT2D eigenvalue weighted by Crippen LogP contribution is -2.34. The number of pyridine rings is 1. The number of hydrogen-bond donors (Lipinski definition) is 0. The minimum absolute atomic E-state index is 0.0651. The van der Waals surface area contributed by atoms with Crippen LogP contribution in [0.5, 0.6) is 0 Å². The number of thiazole rings is 1. The molecular weight excluding hydrogens is 506 g/mol. The van der Waals surface area contributed by atoms with Crippen molar-refractivity contribution in [1.29, 1.82) is 0 Å². The number of allylic oxidation sites excluding steroid dienone is 1. The Morgan fingerprint density at radius 1 is 0.975 bits per heavy atom. The van der Waals surface area contributed by atoms with Crippen LogP contribution in [-0.2, 0) is 11.8 Å². The number of anilines is 1. The molecule has 0 spiro atoms. The Balaban J connectivity index is 1.34. The lowest BCUT2D eigenvalue weighted by Gasteiger charge is -2.37. The maximum Gasteiger partial charge on any atom is 0.133 e. The number of hydrogen-bond acceptors (Lipinski definition) is 4. The van der Waals surface area contributed by atoms with E-state index in [-0.39, 0.29) is 5.41 Å². The third-order valence-electron chi connectivity index (χ3n) is 9.38. The van der Waals surface area contributed by atoms with Crippen molar-refractivity contribution in [1.82, 2.24) is 9.97 Å². The van der Waals surface area contributed by atoms with E-state index in [9.17, 15) is 0 Å². The van der Waals surface area contributed by atoms with E-state index in [1.165, 1.54) is 90.1 Å². The van der Waals surface area contributed by atoms with Crippen LogP contribution in [0.4, 0.5) is 5.82 Å². The van der Waals surface area contributed by atoms with Crippen LogP contribution in [-0.4, -0.2) is 16.5 Å². The Kier molecular flexibility index (Phi) is 9.14. The van der Waals surface area contributed by atoms with Gasteiger partial charge >= 0.3 is 0 Å². The van der Waals surface area contributed by atoms with Crippen LogP contribution in [0.1, 0.15) is 113 Å². The summed E-state index contributed by atoms with van der Waals surface area (Å²) < 4.78 is 0. The van der Waals surface area contributed by atoms with E-state index >= 15 is 0 Å². The topological polar surface area (TPSA) is 29.0 Å². The normalized spacial score (nSPS) is 20.4. The van der Waals surface area contributed by atoms with Crippen LogP contribution >= 0.6 is 11.3 Å². The Morgan fingerprint density at radius 3 is 2.38 bits per heavy atom. The molecule has 2 aromatic heterocycles. The van der Waals surface area contributed by atoms with Crippen molar-refractivity contribution in [3.05, 3.63) is 76.7 Å². The van der Waals surface area contributed by atoms with Gasteiger partial charge in [0.2, 0.25) is 0 Å². The lowest BCUT2D eigenvalue weighted by atomic mass is 9.77. The van der Waals surface area contributed by atoms with Crippen LogP contribution in [0.25, 0.3) is 10.4 Å². The highest BCUT2D eigenvalue weighted by Crippen LogP contribution is 2.40. The minimum atomic E-state index is 0.0651. The van der Waals surface area contributed by atoms with E-state index < -0.39 is 0 Å². The molecule has 0 atom stereocenters. The molecule has 2 aliphatic carbocycles. The molecule has 0 radical (unpaired) electrons. The molecule has 2 aliphatic rings. The molecule has 2 saturated carbocycles. The van der Waals surface area contributed by atoms with Gasteiger partial charge in [0.05, 0.1) is 9.88 Å². The van der Waals surface area contributed by atoms with Gasteiger partial charge in [0.15, 0.2) is 0 Å². The van der Waals surface area contributed by atoms with E-state index in [2.05, 4.69) is 69.9 Å². The summed E-state index contributed by atoms with van der Waals surface area (Å²) in [5.41, 5.74) is 7.06. The van der Waals surface area contributed by atoms with Crippen molar-refractivity contribution in [3.8, 4) is 10.4 Å². The molecule has 214 valence electrons. The highest BCUT2D eigenvalue weighted by molar-refractivity contribution is 7.15. The van der Waals surface area contributed by atoms with Gasteiger partial charge in [0, 0.05) is 30.1 Å². The van der Waals surface area contributed by atoms with E-state index in [1.807, 2.05) is 12.4 Å². The molecule has 3 aromatic rings. The molecular formula is C36H49N3S. The van der Waals surface area contributed by atoms with Crippen LogP contribution in [0.2, 0.25) is 0 Å². The average Bonchev–Trinajstić information content (AvgIpc) is 3.48. The predicted molar refractivity (Wildman–Crippen MR) is 172 cm³/mol. The molecule has 3 nitrogen and oxygen atoms in total. The smallest absolute Gasteiger partial charge is 0.133 e. The Hall–Kier alpha value is -2.46. The highest BCUT2D eigenvalue weighted by Gasteiger charge is 2.29. The summed E-state index contributed by atoms with van der Waals surface area (Å²) in [6.07, 6.45) is 16.8.